The Kier molecular flexibility index (Phi) is 6.74. The average molecular weight is 228 g/mol. The van der Waals surface area contributed by atoms with Crippen LogP contribution in [0, 0.1) is 0 Å². The molecule has 0 unspecified atom stereocenters. The number of hydrogen-bond acceptors (Lipinski definition) is 7. The maximum atomic E-state index is 10.6. The van der Waals surface area contributed by atoms with Gasteiger partial charge in [-0.2, -0.15) is 0 Å². The molecule has 3 N–H and O–H groups in total. The van der Waals surface area contributed by atoms with Gasteiger partial charge >= 0.3 is 0 Å². The van der Waals surface area contributed by atoms with E-state index in [1.807, 2.05) is 0 Å². The van der Waals surface area contributed by atoms with Gasteiger partial charge in [0.1, 0.15) is 18.5 Å². The molecule has 0 heterocycles. The first-order valence-corrected chi connectivity index (χ1v) is 3.79. The number of hydrogen-bond donors (Lipinski definition) is 3. The van der Waals surface area contributed by atoms with Crippen LogP contribution in [0.1, 0.15) is 0 Å². The minimum absolute atomic E-state index is 0.518. The Morgan fingerprint density at radius 1 is 0.938 bits per heavy atom. The van der Waals surface area contributed by atoms with E-state index in [1.54, 1.807) is 0 Å². The Hall–Kier alpha value is -2.42. The summed E-state index contributed by atoms with van der Waals surface area (Å²) in [7, 11) is 0. The van der Waals surface area contributed by atoms with Crippen LogP contribution in [0.2, 0.25) is 0 Å². The van der Waals surface area contributed by atoms with E-state index in [4.69, 9.17) is 15.5 Å². The highest BCUT2D eigenvalue weighted by Gasteiger charge is 1.98. The quantitative estimate of drug-likeness (QED) is 0.303. The van der Waals surface area contributed by atoms with Gasteiger partial charge in [0.15, 0.2) is 0 Å². The molecule has 0 spiro atoms. The van der Waals surface area contributed by atoms with Crippen LogP contribution in [0.5, 0.6) is 0 Å². The van der Waals surface area contributed by atoms with Gasteiger partial charge < -0.3 is 15.5 Å². The normalized spacial score (nSPS) is 14.3. The molecule has 0 bridgehead atoms. The Bertz CT molecular complexity index is 326. The van der Waals surface area contributed by atoms with Crippen molar-refractivity contribution in [2.45, 2.75) is 6.10 Å². The molecule has 2 amide bonds. The van der Waals surface area contributed by atoms with Gasteiger partial charge in [-0.1, -0.05) is 10.3 Å². The van der Waals surface area contributed by atoms with E-state index in [-0.39, 0.29) is 0 Å². The maximum absolute atomic E-state index is 10.6. The van der Waals surface area contributed by atoms with Crippen molar-refractivity contribution in [3.8, 4) is 0 Å². The number of oxime groups is 2. The van der Waals surface area contributed by atoms with E-state index in [0.717, 1.165) is 12.4 Å². The van der Waals surface area contributed by atoms with Crippen molar-refractivity contribution in [3.63, 3.8) is 0 Å². The summed E-state index contributed by atoms with van der Waals surface area (Å²) >= 11 is 0. The molecule has 9 nitrogen and oxygen atoms in total. The van der Waals surface area contributed by atoms with Gasteiger partial charge in [-0.3, -0.25) is 9.59 Å². The summed E-state index contributed by atoms with van der Waals surface area (Å²) in [6, 6.07) is 0. The molecule has 0 aliphatic carbocycles. The standard InChI is InChI=1S/C7H8N4O5/c12-5(1-8-6(13)3-10-15)2-9-7(14)4-11-16/h1-5,12,15-16H/b8-1?,9-2?,10-3+,11-4+. The van der Waals surface area contributed by atoms with E-state index in [9.17, 15) is 9.59 Å². The third-order valence-corrected chi connectivity index (χ3v) is 1.05. The molecule has 0 saturated heterocycles. The fourth-order valence-corrected chi connectivity index (χ4v) is 0.504. The van der Waals surface area contributed by atoms with E-state index < -0.39 is 17.9 Å². The van der Waals surface area contributed by atoms with Crippen molar-refractivity contribution < 1.29 is 25.1 Å². The van der Waals surface area contributed by atoms with Crippen LogP contribution in [0.4, 0.5) is 0 Å². The first-order chi connectivity index (χ1) is 7.60. The lowest BCUT2D eigenvalue weighted by Gasteiger charge is -1.92. The summed E-state index contributed by atoms with van der Waals surface area (Å²) in [6.07, 6.45) is 1.22. The first-order valence-electron chi connectivity index (χ1n) is 3.79. The number of aliphatic imine (C=N–C) groups is 2. The zero-order valence-corrected chi connectivity index (χ0v) is 7.83. The predicted molar refractivity (Wildman–Crippen MR) is 53.6 cm³/mol. The van der Waals surface area contributed by atoms with Crippen LogP contribution in [0.3, 0.4) is 0 Å². The highest BCUT2D eigenvalue weighted by atomic mass is 16.4. The number of nitrogens with zero attached hydrogens (tertiary/aromatic N) is 4. The summed E-state index contributed by atoms with van der Waals surface area (Å²) in [5.41, 5.74) is 0. The monoisotopic (exact) mass is 228 g/mol. The van der Waals surface area contributed by atoms with E-state index >= 15 is 0 Å². The molecule has 0 fully saturated rings. The minimum atomic E-state index is -1.37. The lowest BCUT2D eigenvalue weighted by Crippen LogP contribution is -2.13. The topological polar surface area (TPSA) is 144 Å². The molecule has 0 rings (SSSR count). The molecule has 9 heteroatoms. The van der Waals surface area contributed by atoms with E-state index in [1.165, 1.54) is 0 Å². The number of carbonyl (C=O) groups excluding carboxylic acids is 2. The summed E-state index contributed by atoms with van der Waals surface area (Å²) < 4.78 is 0. The molecular formula is C7H8N4O5. The summed E-state index contributed by atoms with van der Waals surface area (Å²) in [4.78, 5) is 27.5. The Morgan fingerprint density at radius 3 is 1.62 bits per heavy atom. The fraction of sp³-hybridized carbons (Fsp3) is 0.143. The van der Waals surface area contributed by atoms with Crippen molar-refractivity contribution >= 4 is 36.7 Å². The minimum Gasteiger partial charge on any atom is -0.411 e. The van der Waals surface area contributed by atoms with Crippen LogP contribution in [-0.4, -0.2) is 58.3 Å². The Labute approximate surface area is 89.1 Å². The van der Waals surface area contributed by atoms with Crippen LogP contribution in [0.25, 0.3) is 0 Å². The number of rotatable bonds is 4. The van der Waals surface area contributed by atoms with E-state index in [0.29, 0.717) is 12.4 Å². The van der Waals surface area contributed by atoms with Gasteiger partial charge in [-0.25, -0.2) is 9.98 Å². The van der Waals surface area contributed by atoms with Crippen LogP contribution in [-0.2, 0) is 9.59 Å². The second kappa shape index (κ2) is 7.94. The second-order valence-corrected chi connectivity index (χ2v) is 2.21. The van der Waals surface area contributed by atoms with Gasteiger partial charge in [0.25, 0.3) is 11.8 Å². The third-order valence-electron chi connectivity index (χ3n) is 1.05. The molecule has 0 saturated carbocycles. The molecule has 0 aromatic heterocycles. The van der Waals surface area contributed by atoms with Crippen molar-refractivity contribution in [1.82, 2.24) is 0 Å². The van der Waals surface area contributed by atoms with Gasteiger partial charge in [-0.15, -0.1) is 0 Å². The average Bonchev–Trinajstić information content (AvgIpc) is 2.24. The predicted octanol–water partition coefficient (Wildman–Crippen LogP) is -1.54. The molecule has 0 aliphatic heterocycles. The van der Waals surface area contributed by atoms with Crippen LogP contribution < -0.4 is 0 Å². The summed E-state index contributed by atoms with van der Waals surface area (Å²) in [5.74, 6) is -1.78. The van der Waals surface area contributed by atoms with Crippen LogP contribution in [0.15, 0.2) is 20.3 Å². The zero-order valence-electron chi connectivity index (χ0n) is 7.83. The highest BCUT2D eigenvalue weighted by molar-refractivity contribution is 6.29. The fourth-order valence-electron chi connectivity index (χ4n) is 0.504. The maximum Gasteiger partial charge on any atom is 0.291 e. The smallest absolute Gasteiger partial charge is 0.291 e. The molecule has 86 valence electrons. The molecule has 0 aliphatic rings. The summed E-state index contributed by atoms with van der Waals surface area (Å²) in [6.45, 7) is 0. The number of amides is 2. The highest BCUT2D eigenvalue weighted by Crippen LogP contribution is 1.78. The Morgan fingerprint density at radius 2 is 1.31 bits per heavy atom. The van der Waals surface area contributed by atoms with Crippen molar-refractivity contribution in [1.29, 1.82) is 0 Å². The van der Waals surface area contributed by atoms with Gasteiger partial charge in [-0.05, 0) is 0 Å². The van der Waals surface area contributed by atoms with Crippen molar-refractivity contribution in [2.75, 3.05) is 0 Å². The lowest BCUT2D eigenvalue weighted by molar-refractivity contribution is -0.112. The number of aliphatic hydroxyl groups excluding tert-OH is 1. The van der Waals surface area contributed by atoms with Crippen LogP contribution >= 0.6 is 0 Å². The Balaban J connectivity index is 4.22. The summed E-state index contributed by atoms with van der Waals surface area (Å²) in [5, 5.41) is 29.8. The van der Waals surface area contributed by atoms with Gasteiger partial charge in [0.2, 0.25) is 0 Å². The second-order valence-electron chi connectivity index (χ2n) is 2.21. The molecule has 0 radical (unpaired) electrons. The van der Waals surface area contributed by atoms with Crippen molar-refractivity contribution in [3.05, 3.63) is 0 Å². The third kappa shape index (κ3) is 7.03. The first kappa shape index (κ1) is 13.6. The molecule has 16 heavy (non-hydrogen) atoms. The molecular weight excluding hydrogens is 220 g/mol. The molecule has 0 atom stereocenters. The zero-order chi connectivity index (χ0) is 12.4. The lowest BCUT2D eigenvalue weighted by atomic mass is 10.4. The number of aliphatic hydroxyl groups is 1. The van der Waals surface area contributed by atoms with Gasteiger partial charge in [0.05, 0.1) is 0 Å². The SMILES string of the molecule is O=C(/C=N/O)N=CC(O)C=NC(=O)/C=N/O. The van der Waals surface area contributed by atoms with Crippen molar-refractivity contribution in [2.24, 2.45) is 20.3 Å². The molecule has 0 aromatic rings. The largest absolute Gasteiger partial charge is 0.411 e. The number of carbonyl (C=O) groups is 2. The van der Waals surface area contributed by atoms with Gasteiger partial charge in [0, 0.05) is 12.4 Å². The van der Waals surface area contributed by atoms with E-state index in [2.05, 4.69) is 20.3 Å². The molecule has 0 aromatic carbocycles.